The summed E-state index contributed by atoms with van der Waals surface area (Å²) < 4.78 is 0. The Morgan fingerprint density at radius 2 is 1.80 bits per heavy atom. The lowest BCUT2D eigenvalue weighted by Gasteiger charge is -1.89. The molecule has 0 fully saturated rings. The van der Waals surface area contributed by atoms with Crippen LogP contribution in [0.1, 0.15) is 38.2 Å². The first-order valence-electron chi connectivity index (χ1n) is 5.36. The van der Waals surface area contributed by atoms with Crippen molar-refractivity contribution in [2.24, 2.45) is 0 Å². The van der Waals surface area contributed by atoms with E-state index in [0.29, 0.717) is 6.42 Å². The number of aryl methyl sites for hydroxylation is 1. The Labute approximate surface area is 97.5 Å². The van der Waals surface area contributed by atoms with E-state index in [1.807, 2.05) is 18.2 Å². The van der Waals surface area contributed by atoms with Gasteiger partial charge < -0.3 is 0 Å². The Balaban J connectivity index is 0.000000262. The van der Waals surface area contributed by atoms with Gasteiger partial charge in [0.05, 0.1) is 0 Å². The summed E-state index contributed by atoms with van der Waals surface area (Å²) in [4.78, 5) is 10.1. The van der Waals surface area contributed by atoms with Crippen LogP contribution in [-0.2, 0) is 4.79 Å². The summed E-state index contributed by atoms with van der Waals surface area (Å²) in [6.45, 7) is 4.18. The van der Waals surface area contributed by atoms with Crippen molar-refractivity contribution in [3.05, 3.63) is 35.9 Å². The van der Waals surface area contributed by atoms with Gasteiger partial charge in [-0.05, 0) is 24.9 Å². The molecule has 84 valence electrons. The fraction of sp³-hybridized carbons (Fsp3) is 0.462. The summed E-state index contributed by atoms with van der Waals surface area (Å²) >= 11 is 5.07. The Morgan fingerprint density at radius 1 is 1.20 bits per heavy atom. The van der Waals surface area contributed by atoms with E-state index in [-0.39, 0.29) is 5.24 Å². The summed E-state index contributed by atoms with van der Waals surface area (Å²) in [7, 11) is 0. The summed E-state index contributed by atoms with van der Waals surface area (Å²) in [5.74, 6) is 0. The number of hydrogen-bond acceptors (Lipinski definition) is 1. The molecule has 0 spiro atoms. The molecule has 0 aliphatic rings. The molecular formula is C13H19ClO. The number of rotatable bonds is 4. The van der Waals surface area contributed by atoms with Gasteiger partial charge in [0.15, 0.2) is 0 Å². The lowest BCUT2D eigenvalue weighted by Crippen LogP contribution is -1.84. The van der Waals surface area contributed by atoms with Crippen molar-refractivity contribution in [3.8, 4) is 0 Å². The van der Waals surface area contributed by atoms with E-state index in [1.54, 1.807) is 0 Å². The second-order valence-corrected chi connectivity index (χ2v) is 3.89. The van der Waals surface area contributed by atoms with E-state index in [0.717, 1.165) is 19.3 Å². The van der Waals surface area contributed by atoms with Crippen molar-refractivity contribution in [2.45, 2.75) is 39.5 Å². The first kappa shape index (κ1) is 14.2. The zero-order valence-corrected chi connectivity index (χ0v) is 10.3. The molecule has 0 heterocycles. The fourth-order valence-electron chi connectivity index (χ4n) is 1.05. The van der Waals surface area contributed by atoms with Crippen LogP contribution in [0.5, 0.6) is 0 Å². The van der Waals surface area contributed by atoms with Crippen LogP contribution in [-0.4, -0.2) is 5.24 Å². The van der Waals surface area contributed by atoms with Crippen molar-refractivity contribution >= 4 is 16.8 Å². The maximum absolute atomic E-state index is 10.1. The molecule has 1 rings (SSSR count). The molecule has 0 aliphatic heterocycles. The quantitative estimate of drug-likeness (QED) is 0.552. The van der Waals surface area contributed by atoms with Crippen molar-refractivity contribution in [1.82, 2.24) is 0 Å². The van der Waals surface area contributed by atoms with E-state index in [1.165, 1.54) is 5.56 Å². The smallest absolute Gasteiger partial charge is 0.221 e. The number of unbranched alkanes of at least 4 members (excludes halogenated alkanes) is 2. The Hall–Kier alpha value is -0.820. The van der Waals surface area contributed by atoms with Gasteiger partial charge in [0, 0.05) is 6.42 Å². The van der Waals surface area contributed by atoms with E-state index in [9.17, 15) is 4.79 Å². The molecule has 0 N–H and O–H groups in total. The highest BCUT2D eigenvalue weighted by atomic mass is 35.5. The molecule has 2 heteroatoms. The zero-order valence-electron chi connectivity index (χ0n) is 9.50. The fourth-order valence-corrected chi connectivity index (χ4v) is 1.18. The lowest BCUT2D eigenvalue weighted by molar-refractivity contribution is -0.111. The summed E-state index contributed by atoms with van der Waals surface area (Å²) in [6.07, 6.45) is 3.73. The molecule has 0 atom stereocenters. The molecule has 1 nitrogen and oxygen atoms in total. The topological polar surface area (TPSA) is 17.1 Å². The molecular weight excluding hydrogens is 208 g/mol. The van der Waals surface area contributed by atoms with Crippen molar-refractivity contribution in [2.75, 3.05) is 0 Å². The molecule has 0 saturated carbocycles. The van der Waals surface area contributed by atoms with Crippen LogP contribution in [0, 0.1) is 6.92 Å². The molecule has 15 heavy (non-hydrogen) atoms. The standard InChI is InChI=1S/C7H8.C6H11ClO/c1-7-5-3-2-4-6-7;1-2-3-4-5-6(7)8/h2-6H,1H3;2-5H2,1H3. The van der Waals surface area contributed by atoms with Crippen LogP contribution in [0.2, 0.25) is 0 Å². The van der Waals surface area contributed by atoms with Gasteiger partial charge in [0.25, 0.3) is 0 Å². The first-order valence-corrected chi connectivity index (χ1v) is 5.74. The van der Waals surface area contributed by atoms with Gasteiger partial charge in [-0.15, -0.1) is 0 Å². The van der Waals surface area contributed by atoms with E-state index in [2.05, 4.69) is 26.0 Å². The maximum Gasteiger partial charge on any atom is 0.221 e. The molecule has 1 aromatic rings. The highest BCUT2D eigenvalue weighted by Crippen LogP contribution is 2.00. The minimum absolute atomic E-state index is 0.210. The average Bonchev–Trinajstić information content (AvgIpc) is 2.20. The molecule has 1 aromatic carbocycles. The van der Waals surface area contributed by atoms with Crippen LogP contribution in [0.15, 0.2) is 30.3 Å². The van der Waals surface area contributed by atoms with E-state index < -0.39 is 0 Å². The monoisotopic (exact) mass is 226 g/mol. The van der Waals surface area contributed by atoms with Gasteiger partial charge in [0.1, 0.15) is 0 Å². The maximum atomic E-state index is 10.1. The average molecular weight is 227 g/mol. The third-order valence-electron chi connectivity index (χ3n) is 1.92. The Kier molecular flexibility index (Phi) is 9.19. The number of hydrogen-bond donors (Lipinski definition) is 0. The van der Waals surface area contributed by atoms with Crippen LogP contribution >= 0.6 is 11.6 Å². The minimum atomic E-state index is -0.210. The Morgan fingerprint density at radius 3 is 2.13 bits per heavy atom. The van der Waals surface area contributed by atoms with E-state index >= 15 is 0 Å². The molecule has 0 saturated heterocycles. The number of benzene rings is 1. The van der Waals surface area contributed by atoms with E-state index in [4.69, 9.17) is 11.6 Å². The van der Waals surface area contributed by atoms with Gasteiger partial charge in [0.2, 0.25) is 5.24 Å². The van der Waals surface area contributed by atoms with Crippen molar-refractivity contribution < 1.29 is 4.79 Å². The van der Waals surface area contributed by atoms with Crippen LogP contribution in [0.3, 0.4) is 0 Å². The molecule has 0 aliphatic carbocycles. The van der Waals surface area contributed by atoms with Gasteiger partial charge in [-0.25, -0.2) is 0 Å². The molecule has 0 unspecified atom stereocenters. The summed E-state index contributed by atoms with van der Waals surface area (Å²) in [6, 6.07) is 10.3. The molecule has 0 amide bonds. The van der Waals surface area contributed by atoms with Gasteiger partial charge in [-0.3, -0.25) is 4.79 Å². The molecule has 0 aromatic heterocycles. The molecule has 0 radical (unpaired) electrons. The van der Waals surface area contributed by atoms with Crippen LogP contribution < -0.4 is 0 Å². The predicted octanol–water partition coefficient (Wildman–Crippen LogP) is 4.33. The number of carbonyl (C=O) groups excluding carboxylic acids is 1. The second-order valence-electron chi connectivity index (χ2n) is 3.47. The highest BCUT2D eigenvalue weighted by molar-refractivity contribution is 6.63. The second kappa shape index (κ2) is 9.72. The SMILES string of the molecule is CCCCCC(=O)Cl.Cc1ccccc1. The number of halogens is 1. The van der Waals surface area contributed by atoms with Crippen molar-refractivity contribution in [3.63, 3.8) is 0 Å². The molecule has 0 bridgehead atoms. The third kappa shape index (κ3) is 11.1. The summed E-state index contributed by atoms with van der Waals surface area (Å²) in [5.41, 5.74) is 1.32. The largest absolute Gasteiger partial charge is 0.281 e. The van der Waals surface area contributed by atoms with Crippen LogP contribution in [0.4, 0.5) is 0 Å². The van der Waals surface area contributed by atoms with Crippen molar-refractivity contribution in [1.29, 1.82) is 0 Å². The van der Waals surface area contributed by atoms with Gasteiger partial charge in [-0.2, -0.15) is 0 Å². The minimum Gasteiger partial charge on any atom is -0.281 e. The third-order valence-corrected chi connectivity index (χ3v) is 2.11. The number of carbonyl (C=O) groups is 1. The Bertz CT molecular complexity index is 256. The van der Waals surface area contributed by atoms with Gasteiger partial charge >= 0.3 is 0 Å². The van der Waals surface area contributed by atoms with Gasteiger partial charge in [-0.1, -0.05) is 55.7 Å². The van der Waals surface area contributed by atoms with Crippen LogP contribution in [0.25, 0.3) is 0 Å². The summed E-state index contributed by atoms with van der Waals surface area (Å²) in [5, 5.41) is -0.210. The zero-order chi connectivity index (χ0) is 11.5. The first-order chi connectivity index (χ1) is 7.16. The highest BCUT2D eigenvalue weighted by Gasteiger charge is 1.92. The lowest BCUT2D eigenvalue weighted by atomic mass is 10.2. The normalized spacial score (nSPS) is 9.00. The predicted molar refractivity (Wildman–Crippen MR) is 66.2 cm³/mol.